The Morgan fingerprint density at radius 2 is 1.90 bits per heavy atom. The van der Waals surface area contributed by atoms with Crippen LogP contribution in [0.15, 0.2) is 36.4 Å². The van der Waals surface area contributed by atoms with E-state index in [2.05, 4.69) is 19.2 Å². The van der Waals surface area contributed by atoms with Crippen LogP contribution in [0, 0.1) is 6.92 Å². The van der Waals surface area contributed by atoms with Gasteiger partial charge in [0.15, 0.2) is 0 Å². The quantitative estimate of drug-likeness (QED) is 0.754. The zero-order valence-corrected chi connectivity index (χ0v) is 13.9. The predicted octanol–water partition coefficient (Wildman–Crippen LogP) is 5.76. The minimum Gasteiger partial charge on any atom is -0.457 e. The number of hydrogen-bond acceptors (Lipinski definition) is 2. The minimum absolute atomic E-state index is 0.212. The Kier molecular flexibility index (Phi) is 5.51. The lowest BCUT2D eigenvalue weighted by molar-refractivity contribution is 0.478. The molecule has 1 N–H and O–H groups in total. The van der Waals surface area contributed by atoms with Crippen molar-refractivity contribution in [3.05, 3.63) is 57.6 Å². The number of hydrogen-bond donors (Lipinski definition) is 1. The standard InChI is InChI=1S/C17H19Cl2NO/c1-4-20-12(3)15-8-7-14(10-16(15)19)21-17-9-13(18)6-5-11(17)2/h5-10,12,20H,4H2,1-3H3. The summed E-state index contributed by atoms with van der Waals surface area (Å²) in [6.45, 7) is 7.04. The van der Waals surface area contributed by atoms with Crippen molar-refractivity contribution in [2.75, 3.05) is 6.54 Å². The van der Waals surface area contributed by atoms with Gasteiger partial charge in [0.2, 0.25) is 0 Å². The molecule has 2 rings (SSSR count). The summed E-state index contributed by atoms with van der Waals surface area (Å²) in [5.74, 6) is 1.45. The maximum Gasteiger partial charge on any atom is 0.131 e. The smallest absolute Gasteiger partial charge is 0.131 e. The average Bonchev–Trinajstić information content (AvgIpc) is 2.43. The van der Waals surface area contributed by atoms with E-state index in [1.165, 1.54) is 0 Å². The molecule has 0 heterocycles. The molecule has 0 aliphatic rings. The van der Waals surface area contributed by atoms with E-state index in [4.69, 9.17) is 27.9 Å². The third-order valence-electron chi connectivity index (χ3n) is 3.33. The molecule has 0 saturated carbocycles. The zero-order valence-electron chi connectivity index (χ0n) is 12.4. The summed E-state index contributed by atoms with van der Waals surface area (Å²) < 4.78 is 5.88. The minimum atomic E-state index is 0.212. The number of nitrogens with one attached hydrogen (secondary N) is 1. The van der Waals surface area contributed by atoms with Crippen molar-refractivity contribution in [1.82, 2.24) is 5.32 Å². The van der Waals surface area contributed by atoms with E-state index in [-0.39, 0.29) is 6.04 Å². The van der Waals surface area contributed by atoms with Crippen molar-refractivity contribution in [1.29, 1.82) is 0 Å². The second-order valence-corrected chi connectivity index (χ2v) is 5.82. The first kappa shape index (κ1) is 16.2. The lowest BCUT2D eigenvalue weighted by Crippen LogP contribution is -2.17. The van der Waals surface area contributed by atoms with Crippen LogP contribution < -0.4 is 10.1 Å². The highest BCUT2D eigenvalue weighted by molar-refractivity contribution is 6.31. The normalized spacial score (nSPS) is 12.2. The van der Waals surface area contributed by atoms with E-state index in [0.29, 0.717) is 15.8 Å². The third-order valence-corrected chi connectivity index (χ3v) is 3.89. The van der Waals surface area contributed by atoms with Crippen molar-refractivity contribution >= 4 is 23.2 Å². The van der Waals surface area contributed by atoms with Crippen LogP contribution in [0.3, 0.4) is 0 Å². The van der Waals surface area contributed by atoms with Crippen molar-refractivity contribution in [2.45, 2.75) is 26.8 Å². The summed E-state index contributed by atoms with van der Waals surface area (Å²) >= 11 is 12.4. The van der Waals surface area contributed by atoms with Gasteiger partial charge in [-0.05, 0) is 55.8 Å². The Bertz CT molecular complexity index is 628. The zero-order chi connectivity index (χ0) is 15.4. The Morgan fingerprint density at radius 3 is 2.57 bits per heavy atom. The molecule has 0 aliphatic heterocycles. The van der Waals surface area contributed by atoms with Crippen LogP contribution in [0.25, 0.3) is 0 Å². The number of benzene rings is 2. The average molecular weight is 324 g/mol. The highest BCUT2D eigenvalue weighted by atomic mass is 35.5. The van der Waals surface area contributed by atoms with E-state index < -0.39 is 0 Å². The molecule has 0 aliphatic carbocycles. The monoisotopic (exact) mass is 323 g/mol. The van der Waals surface area contributed by atoms with Crippen molar-refractivity contribution in [3.8, 4) is 11.5 Å². The van der Waals surface area contributed by atoms with Gasteiger partial charge in [0.05, 0.1) is 0 Å². The number of halogens is 2. The molecule has 112 valence electrons. The van der Waals surface area contributed by atoms with Crippen molar-refractivity contribution < 1.29 is 4.74 Å². The molecule has 0 saturated heterocycles. The van der Waals surface area contributed by atoms with Gasteiger partial charge in [-0.15, -0.1) is 0 Å². The molecular formula is C17H19Cl2NO. The molecule has 0 radical (unpaired) electrons. The van der Waals surface area contributed by atoms with E-state index >= 15 is 0 Å². The van der Waals surface area contributed by atoms with Crippen molar-refractivity contribution in [2.24, 2.45) is 0 Å². The first-order chi connectivity index (χ1) is 10.0. The van der Waals surface area contributed by atoms with Gasteiger partial charge in [0.25, 0.3) is 0 Å². The first-order valence-electron chi connectivity index (χ1n) is 6.98. The highest BCUT2D eigenvalue weighted by Crippen LogP contribution is 2.32. The number of ether oxygens (including phenoxy) is 1. The number of aryl methyl sites for hydroxylation is 1. The number of rotatable bonds is 5. The van der Waals surface area contributed by atoms with Gasteiger partial charge in [-0.25, -0.2) is 0 Å². The third kappa shape index (κ3) is 4.13. The second-order valence-electron chi connectivity index (χ2n) is 4.97. The molecule has 2 aromatic rings. The van der Waals surface area contributed by atoms with E-state index in [1.807, 2.05) is 37.3 Å². The maximum atomic E-state index is 6.35. The van der Waals surface area contributed by atoms with Crippen LogP contribution in [0.1, 0.15) is 31.0 Å². The Hall–Kier alpha value is -1.22. The summed E-state index contributed by atoms with van der Waals surface area (Å²) in [5.41, 5.74) is 2.09. The van der Waals surface area contributed by atoms with Gasteiger partial charge >= 0.3 is 0 Å². The van der Waals surface area contributed by atoms with Gasteiger partial charge in [-0.3, -0.25) is 0 Å². The Labute approximate surface area is 136 Å². The van der Waals surface area contributed by atoms with Crippen LogP contribution in [0.2, 0.25) is 10.0 Å². The van der Waals surface area contributed by atoms with Gasteiger partial charge in [-0.2, -0.15) is 0 Å². The van der Waals surface area contributed by atoms with Gasteiger partial charge in [-0.1, -0.05) is 42.3 Å². The van der Waals surface area contributed by atoms with Crippen LogP contribution in [0.4, 0.5) is 0 Å². The van der Waals surface area contributed by atoms with E-state index in [0.717, 1.165) is 23.4 Å². The molecule has 0 bridgehead atoms. The Morgan fingerprint density at radius 1 is 1.14 bits per heavy atom. The fraction of sp³-hybridized carbons (Fsp3) is 0.294. The maximum absolute atomic E-state index is 6.35. The first-order valence-corrected chi connectivity index (χ1v) is 7.73. The fourth-order valence-corrected chi connectivity index (χ4v) is 2.65. The SMILES string of the molecule is CCNC(C)c1ccc(Oc2cc(Cl)ccc2C)cc1Cl. The van der Waals surface area contributed by atoms with Crippen LogP contribution in [-0.2, 0) is 0 Å². The van der Waals surface area contributed by atoms with E-state index in [9.17, 15) is 0 Å². The predicted molar refractivity (Wildman–Crippen MR) is 89.8 cm³/mol. The van der Waals surface area contributed by atoms with Crippen LogP contribution in [-0.4, -0.2) is 6.54 Å². The summed E-state index contributed by atoms with van der Waals surface area (Å²) in [4.78, 5) is 0. The molecule has 21 heavy (non-hydrogen) atoms. The topological polar surface area (TPSA) is 21.3 Å². The molecule has 0 amide bonds. The molecule has 1 unspecified atom stereocenters. The molecule has 0 aromatic heterocycles. The molecule has 0 fully saturated rings. The van der Waals surface area contributed by atoms with Crippen molar-refractivity contribution in [3.63, 3.8) is 0 Å². The lowest BCUT2D eigenvalue weighted by atomic mass is 10.1. The van der Waals surface area contributed by atoms with Crippen LogP contribution >= 0.6 is 23.2 Å². The Balaban J connectivity index is 2.22. The summed E-state index contributed by atoms with van der Waals surface area (Å²) in [7, 11) is 0. The fourth-order valence-electron chi connectivity index (χ4n) is 2.15. The molecular weight excluding hydrogens is 305 g/mol. The summed E-state index contributed by atoms with van der Waals surface area (Å²) in [6, 6.07) is 11.5. The lowest BCUT2D eigenvalue weighted by Gasteiger charge is -2.16. The second kappa shape index (κ2) is 7.17. The molecule has 2 nitrogen and oxygen atoms in total. The van der Waals surface area contributed by atoms with Gasteiger partial charge in [0, 0.05) is 16.1 Å². The molecule has 4 heteroatoms. The van der Waals surface area contributed by atoms with Gasteiger partial charge in [0.1, 0.15) is 11.5 Å². The van der Waals surface area contributed by atoms with E-state index in [1.54, 1.807) is 6.07 Å². The summed E-state index contributed by atoms with van der Waals surface area (Å²) in [6.07, 6.45) is 0. The molecule has 2 aromatic carbocycles. The largest absolute Gasteiger partial charge is 0.457 e. The van der Waals surface area contributed by atoms with Gasteiger partial charge < -0.3 is 10.1 Å². The highest BCUT2D eigenvalue weighted by Gasteiger charge is 2.10. The van der Waals surface area contributed by atoms with Crippen LogP contribution in [0.5, 0.6) is 11.5 Å². The molecule has 1 atom stereocenters. The summed E-state index contributed by atoms with van der Waals surface area (Å²) in [5, 5.41) is 4.69. The molecule has 0 spiro atoms.